The van der Waals surface area contributed by atoms with Crippen LogP contribution in [0.4, 0.5) is 4.79 Å². The molecule has 2 aliphatic heterocycles. The fourth-order valence-corrected chi connectivity index (χ4v) is 3.46. The number of H-pyrrole nitrogens is 1. The van der Waals surface area contributed by atoms with E-state index in [1.54, 1.807) is 35.3 Å². The van der Waals surface area contributed by atoms with Crippen LogP contribution in [0.3, 0.4) is 0 Å². The molecule has 3 aliphatic rings. The van der Waals surface area contributed by atoms with Gasteiger partial charge in [0.25, 0.3) is 5.91 Å². The van der Waals surface area contributed by atoms with Crippen LogP contribution >= 0.6 is 0 Å². The van der Waals surface area contributed by atoms with Crippen molar-refractivity contribution in [1.82, 2.24) is 20.0 Å². The molecule has 1 saturated heterocycles. The normalized spacial score (nSPS) is 23.7. The van der Waals surface area contributed by atoms with Gasteiger partial charge < -0.3 is 4.90 Å². The van der Waals surface area contributed by atoms with Gasteiger partial charge in [-0.05, 0) is 25.0 Å². The number of amides is 4. The Balaban J connectivity index is 1.46. The van der Waals surface area contributed by atoms with Gasteiger partial charge in [0.2, 0.25) is 5.91 Å². The highest BCUT2D eigenvalue weighted by Crippen LogP contribution is 2.26. The first-order valence-electron chi connectivity index (χ1n) is 8.24. The van der Waals surface area contributed by atoms with Crippen molar-refractivity contribution >= 4 is 23.6 Å². The van der Waals surface area contributed by atoms with E-state index in [0.717, 1.165) is 0 Å². The molecule has 1 aliphatic carbocycles. The number of carbonyl (C=O) groups excluding carboxylic acids is 3. The van der Waals surface area contributed by atoms with E-state index in [1.807, 2.05) is 0 Å². The number of urea groups is 1. The monoisotopic (exact) mass is 339 g/mol. The molecule has 1 N–H and O–H groups in total. The van der Waals surface area contributed by atoms with Crippen LogP contribution in [-0.2, 0) is 4.79 Å². The summed E-state index contributed by atoms with van der Waals surface area (Å²) in [5.74, 6) is -0.825. The maximum Gasteiger partial charge on any atom is 0.350 e. The van der Waals surface area contributed by atoms with Crippen LogP contribution in [0.25, 0.3) is 0 Å². The number of imide groups is 1. The molecule has 1 aromatic rings. The summed E-state index contributed by atoms with van der Waals surface area (Å²) in [6, 6.07) is 0.899. The minimum Gasteiger partial charge on any atom is -0.337 e. The third kappa shape index (κ3) is 2.69. The highest BCUT2D eigenvalue weighted by atomic mass is 16.2. The maximum absolute atomic E-state index is 12.7. The van der Waals surface area contributed by atoms with Crippen LogP contribution in [0, 0.1) is 5.92 Å². The molecule has 1 atom stereocenters. The van der Waals surface area contributed by atoms with E-state index in [0.29, 0.717) is 37.3 Å². The van der Waals surface area contributed by atoms with Gasteiger partial charge >= 0.3 is 6.03 Å². The number of nitrogens with zero attached hydrogens (tertiary/aromatic N) is 4. The first-order chi connectivity index (χ1) is 12.1. The molecular formula is C17H17N5O3. The quantitative estimate of drug-likeness (QED) is 0.874. The Morgan fingerprint density at radius 1 is 1.20 bits per heavy atom. The van der Waals surface area contributed by atoms with E-state index in [-0.39, 0.29) is 17.9 Å². The zero-order valence-corrected chi connectivity index (χ0v) is 13.5. The lowest BCUT2D eigenvalue weighted by Crippen LogP contribution is -2.54. The van der Waals surface area contributed by atoms with Crippen molar-refractivity contribution in [3.8, 4) is 0 Å². The predicted molar refractivity (Wildman–Crippen MR) is 89.0 cm³/mol. The highest BCUT2D eigenvalue weighted by Gasteiger charge is 2.41. The Kier molecular flexibility index (Phi) is 3.79. The van der Waals surface area contributed by atoms with Gasteiger partial charge in [-0.15, -0.1) is 0 Å². The number of hydrogen-bond acceptors (Lipinski definition) is 4. The number of hydrogen-bond donors (Lipinski definition) is 1. The fraction of sp³-hybridized carbons (Fsp3) is 0.353. The molecule has 0 radical (unpaired) electrons. The van der Waals surface area contributed by atoms with Gasteiger partial charge in [0, 0.05) is 25.3 Å². The van der Waals surface area contributed by atoms with Crippen LogP contribution in [0.15, 0.2) is 41.6 Å². The molecule has 4 amide bonds. The van der Waals surface area contributed by atoms with Crippen LogP contribution in [0.1, 0.15) is 23.3 Å². The summed E-state index contributed by atoms with van der Waals surface area (Å²) >= 11 is 0. The van der Waals surface area contributed by atoms with Gasteiger partial charge in [-0.25, -0.2) is 4.79 Å². The van der Waals surface area contributed by atoms with Crippen molar-refractivity contribution < 1.29 is 14.4 Å². The second-order valence-electron chi connectivity index (χ2n) is 6.24. The fourth-order valence-electron chi connectivity index (χ4n) is 3.46. The summed E-state index contributed by atoms with van der Waals surface area (Å²) in [5.41, 5.74) is 0.942. The number of fused-ring (bicyclic) bond motifs is 1. The summed E-state index contributed by atoms with van der Waals surface area (Å²) in [4.78, 5) is 44.4. The number of rotatable bonds is 2. The SMILES string of the molecule is O=C(c1ccn[nH]1)N1CCC(N2C(=O)N=C3C=CC=CC3C2=O)CC1. The third-order valence-electron chi connectivity index (χ3n) is 4.78. The molecule has 128 valence electrons. The van der Waals surface area contributed by atoms with Gasteiger partial charge in [-0.1, -0.05) is 18.2 Å². The lowest BCUT2D eigenvalue weighted by molar-refractivity contribution is -0.131. The number of aromatic nitrogens is 2. The van der Waals surface area contributed by atoms with Crippen LogP contribution in [0.5, 0.6) is 0 Å². The highest BCUT2D eigenvalue weighted by molar-refractivity contribution is 6.21. The number of nitrogens with one attached hydrogen (secondary N) is 1. The average Bonchev–Trinajstić information content (AvgIpc) is 3.16. The molecule has 0 aromatic carbocycles. The number of aromatic amines is 1. The van der Waals surface area contributed by atoms with Crippen molar-refractivity contribution in [2.45, 2.75) is 18.9 Å². The predicted octanol–water partition coefficient (Wildman–Crippen LogP) is 1.16. The molecule has 8 nitrogen and oxygen atoms in total. The molecule has 0 spiro atoms. The third-order valence-corrected chi connectivity index (χ3v) is 4.78. The Morgan fingerprint density at radius 2 is 2.00 bits per heavy atom. The molecular weight excluding hydrogens is 322 g/mol. The van der Waals surface area contributed by atoms with E-state index >= 15 is 0 Å². The van der Waals surface area contributed by atoms with Crippen LogP contribution in [0.2, 0.25) is 0 Å². The summed E-state index contributed by atoms with van der Waals surface area (Å²) in [5, 5.41) is 6.45. The van der Waals surface area contributed by atoms with Crippen molar-refractivity contribution in [1.29, 1.82) is 0 Å². The summed E-state index contributed by atoms with van der Waals surface area (Å²) < 4.78 is 0. The van der Waals surface area contributed by atoms with E-state index < -0.39 is 11.9 Å². The minimum atomic E-state index is -0.505. The second kappa shape index (κ2) is 6.12. The zero-order valence-electron chi connectivity index (χ0n) is 13.5. The summed E-state index contributed by atoms with van der Waals surface area (Å²) in [6.45, 7) is 0.965. The van der Waals surface area contributed by atoms with Crippen LogP contribution < -0.4 is 0 Å². The van der Waals surface area contributed by atoms with Gasteiger partial charge in [0.05, 0.1) is 11.6 Å². The van der Waals surface area contributed by atoms with Gasteiger partial charge in [0.15, 0.2) is 0 Å². The Hall–Kier alpha value is -3.03. The van der Waals surface area contributed by atoms with E-state index in [4.69, 9.17) is 0 Å². The van der Waals surface area contributed by atoms with Crippen molar-refractivity contribution in [3.05, 3.63) is 42.3 Å². The molecule has 4 rings (SSSR count). The Labute approximate surface area is 143 Å². The number of likely N-dealkylation sites (tertiary alicyclic amines) is 1. The van der Waals surface area contributed by atoms with E-state index in [2.05, 4.69) is 15.2 Å². The molecule has 1 unspecified atom stereocenters. The van der Waals surface area contributed by atoms with Crippen molar-refractivity contribution in [3.63, 3.8) is 0 Å². The molecule has 25 heavy (non-hydrogen) atoms. The zero-order chi connectivity index (χ0) is 17.4. The van der Waals surface area contributed by atoms with Crippen molar-refractivity contribution in [2.24, 2.45) is 10.9 Å². The first-order valence-corrected chi connectivity index (χ1v) is 8.24. The molecule has 1 aromatic heterocycles. The number of aliphatic imine (C=N–C) groups is 1. The average molecular weight is 339 g/mol. The van der Waals surface area contributed by atoms with Gasteiger partial charge in [-0.3, -0.25) is 19.6 Å². The number of piperidine rings is 1. The van der Waals surface area contributed by atoms with Gasteiger partial charge in [-0.2, -0.15) is 10.1 Å². The maximum atomic E-state index is 12.7. The largest absolute Gasteiger partial charge is 0.350 e. The van der Waals surface area contributed by atoms with Gasteiger partial charge in [0.1, 0.15) is 5.69 Å². The smallest absolute Gasteiger partial charge is 0.337 e. The molecule has 0 bridgehead atoms. The van der Waals surface area contributed by atoms with Crippen molar-refractivity contribution in [2.75, 3.05) is 13.1 Å². The van der Waals surface area contributed by atoms with Crippen LogP contribution in [-0.4, -0.2) is 62.7 Å². The van der Waals surface area contributed by atoms with E-state index in [1.165, 1.54) is 11.1 Å². The number of carbonyl (C=O) groups is 3. The topological polar surface area (TPSA) is 98.7 Å². The lowest BCUT2D eigenvalue weighted by atomic mass is 9.93. The molecule has 3 heterocycles. The standard InChI is InChI=1S/C17H17N5O3/c23-15-12-3-1-2-4-13(12)19-17(25)22(15)11-6-9-21(10-7-11)16(24)14-5-8-18-20-14/h1-5,8,11-12H,6-7,9-10H2,(H,18,20). The molecule has 8 heteroatoms. The second-order valence-corrected chi connectivity index (χ2v) is 6.24. The Bertz CT molecular complexity index is 800. The molecule has 0 saturated carbocycles. The molecule has 1 fully saturated rings. The number of allylic oxidation sites excluding steroid dienone is 3. The minimum absolute atomic E-state index is 0.118. The first kappa shape index (κ1) is 15.5. The lowest BCUT2D eigenvalue weighted by Gasteiger charge is -2.39. The Morgan fingerprint density at radius 3 is 2.72 bits per heavy atom. The van der Waals surface area contributed by atoms with E-state index in [9.17, 15) is 14.4 Å². The summed E-state index contributed by atoms with van der Waals surface area (Å²) in [6.07, 6.45) is 9.66. The summed E-state index contributed by atoms with van der Waals surface area (Å²) in [7, 11) is 0.